The van der Waals surface area contributed by atoms with E-state index in [1.807, 2.05) is 0 Å². The highest BCUT2D eigenvalue weighted by Crippen LogP contribution is 2.25. The second kappa shape index (κ2) is 6.07. The van der Waals surface area contributed by atoms with Crippen LogP contribution in [0.15, 0.2) is 0 Å². The van der Waals surface area contributed by atoms with Gasteiger partial charge in [0.15, 0.2) is 0 Å². The summed E-state index contributed by atoms with van der Waals surface area (Å²) in [6.45, 7) is 0. The highest BCUT2D eigenvalue weighted by molar-refractivity contribution is 5.75. The Morgan fingerprint density at radius 2 is 1.56 bits per heavy atom. The van der Waals surface area contributed by atoms with Gasteiger partial charge in [0.2, 0.25) is 0 Å². The first-order valence-electron chi connectivity index (χ1n) is 6.95. The van der Waals surface area contributed by atoms with Gasteiger partial charge in [-0.15, -0.1) is 0 Å². The number of carboxylic acids is 1. The van der Waals surface area contributed by atoms with Gasteiger partial charge >= 0.3 is 12.0 Å². The van der Waals surface area contributed by atoms with Gasteiger partial charge in [0, 0.05) is 12.1 Å². The lowest BCUT2D eigenvalue weighted by Gasteiger charge is -2.24. The lowest BCUT2D eigenvalue weighted by Crippen LogP contribution is -2.46. The maximum atomic E-state index is 11.8. The van der Waals surface area contributed by atoms with Gasteiger partial charge in [-0.25, -0.2) is 4.79 Å². The quantitative estimate of drug-likeness (QED) is 0.719. The fourth-order valence-corrected chi connectivity index (χ4v) is 3.00. The molecule has 2 rings (SSSR count). The molecule has 0 bridgehead atoms. The van der Waals surface area contributed by atoms with Crippen molar-refractivity contribution < 1.29 is 14.7 Å². The number of aliphatic carboxylic acids is 1. The van der Waals surface area contributed by atoms with Gasteiger partial charge in [0.1, 0.15) is 0 Å². The molecular weight excluding hydrogens is 232 g/mol. The SMILES string of the molecule is O=C(NC1CCCCC1)NC1CCC(C(=O)O)C1. The summed E-state index contributed by atoms with van der Waals surface area (Å²) in [5.74, 6) is -1.03. The summed E-state index contributed by atoms with van der Waals surface area (Å²) in [5, 5.41) is 14.8. The van der Waals surface area contributed by atoms with Crippen molar-refractivity contribution in [2.45, 2.75) is 63.5 Å². The third-order valence-electron chi connectivity index (χ3n) is 4.06. The van der Waals surface area contributed by atoms with Crippen LogP contribution in [-0.2, 0) is 4.79 Å². The van der Waals surface area contributed by atoms with Gasteiger partial charge in [0.05, 0.1) is 5.92 Å². The first-order chi connectivity index (χ1) is 8.65. The molecule has 2 atom stereocenters. The van der Waals surface area contributed by atoms with E-state index in [0.29, 0.717) is 18.9 Å². The van der Waals surface area contributed by atoms with Crippen LogP contribution in [0.4, 0.5) is 4.79 Å². The van der Waals surface area contributed by atoms with Gasteiger partial charge in [-0.3, -0.25) is 4.79 Å². The van der Waals surface area contributed by atoms with Crippen molar-refractivity contribution in [1.82, 2.24) is 10.6 Å². The minimum atomic E-state index is -0.744. The Kier molecular flexibility index (Phi) is 4.44. The molecule has 2 aliphatic carbocycles. The molecule has 3 N–H and O–H groups in total. The number of hydrogen-bond donors (Lipinski definition) is 3. The molecule has 0 aliphatic heterocycles. The number of urea groups is 1. The van der Waals surface area contributed by atoms with E-state index in [1.54, 1.807) is 0 Å². The molecular formula is C13H22N2O3. The van der Waals surface area contributed by atoms with Gasteiger partial charge in [-0.1, -0.05) is 19.3 Å². The average Bonchev–Trinajstić information content (AvgIpc) is 2.78. The van der Waals surface area contributed by atoms with E-state index in [1.165, 1.54) is 19.3 Å². The molecule has 18 heavy (non-hydrogen) atoms. The fourth-order valence-electron chi connectivity index (χ4n) is 3.00. The van der Waals surface area contributed by atoms with Crippen LogP contribution in [0.25, 0.3) is 0 Å². The number of carbonyl (C=O) groups is 2. The van der Waals surface area contributed by atoms with Crippen LogP contribution < -0.4 is 10.6 Å². The van der Waals surface area contributed by atoms with E-state index < -0.39 is 5.97 Å². The zero-order valence-corrected chi connectivity index (χ0v) is 10.7. The summed E-state index contributed by atoms with van der Waals surface area (Å²) in [7, 11) is 0. The first-order valence-corrected chi connectivity index (χ1v) is 6.95. The average molecular weight is 254 g/mol. The molecule has 0 saturated heterocycles. The Morgan fingerprint density at radius 1 is 0.889 bits per heavy atom. The Bertz CT molecular complexity index is 313. The standard InChI is InChI=1S/C13H22N2O3/c16-12(17)9-6-7-11(8-9)15-13(18)14-10-4-2-1-3-5-10/h9-11H,1-8H2,(H,16,17)(H2,14,15,18). The van der Waals surface area contributed by atoms with E-state index in [9.17, 15) is 9.59 Å². The van der Waals surface area contributed by atoms with Crippen LogP contribution in [0.3, 0.4) is 0 Å². The third kappa shape index (κ3) is 3.62. The predicted molar refractivity (Wildman–Crippen MR) is 67.3 cm³/mol. The molecule has 2 unspecified atom stereocenters. The van der Waals surface area contributed by atoms with Crippen LogP contribution in [0.5, 0.6) is 0 Å². The molecule has 2 aliphatic rings. The zero-order chi connectivity index (χ0) is 13.0. The molecule has 0 spiro atoms. The van der Waals surface area contributed by atoms with Crippen LogP contribution in [0.1, 0.15) is 51.4 Å². The highest BCUT2D eigenvalue weighted by atomic mass is 16.4. The molecule has 0 aromatic rings. The second-order valence-corrected chi connectivity index (χ2v) is 5.50. The lowest BCUT2D eigenvalue weighted by molar-refractivity contribution is -0.141. The number of rotatable bonds is 3. The lowest BCUT2D eigenvalue weighted by atomic mass is 9.96. The van der Waals surface area contributed by atoms with E-state index in [4.69, 9.17) is 5.11 Å². The number of amides is 2. The molecule has 0 heterocycles. The molecule has 5 heteroatoms. The van der Waals surface area contributed by atoms with Crippen LogP contribution in [-0.4, -0.2) is 29.2 Å². The van der Waals surface area contributed by atoms with Gasteiger partial charge in [-0.2, -0.15) is 0 Å². The predicted octanol–water partition coefficient (Wildman–Crippen LogP) is 1.87. The minimum absolute atomic E-state index is 0.0229. The molecule has 0 aromatic heterocycles. The number of hydrogen-bond acceptors (Lipinski definition) is 2. The van der Waals surface area contributed by atoms with Gasteiger partial charge in [0.25, 0.3) is 0 Å². The first kappa shape index (κ1) is 13.2. The maximum absolute atomic E-state index is 11.8. The summed E-state index contributed by atoms with van der Waals surface area (Å²) in [6, 6.07) is 0.197. The largest absolute Gasteiger partial charge is 0.481 e. The van der Waals surface area contributed by atoms with Crippen molar-refractivity contribution in [1.29, 1.82) is 0 Å². The summed E-state index contributed by atoms with van der Waals surface area (Å²) >= 11 is 0. The zero-order valence-electron chi connectivity index (χ0n) is 10.7. The van der Waals surface area contributed by atoms with E-state index in [0.717, 1.165) is 19.3 Å². The van der Waals surface area contributed by atoms with Crippen molar-refractivity contribution in [3.8, 4) is 0 Å². The summed E-state index contributed by atoms with van der Waals surface area (Å²) in [4.78, 5) is 22.6. The smallest absolute Gasteiger partial charge is 0.315 e. The van der Waals surface area contributed by atoms with E-state index in [-0.39, 0.29) is 18.0 Å². The number of nitrogens with one attached hydrogen (secondary N) is 2. The summed E-state index contributed by atoms with van der Waals surface area (Å²) in [6.07, 6.45) is 7.78. The maximum Gasteiger partial charge on any atom is 0.315 e. The van der Waals surface area contributed by atoms with Crippen LogP contribution >= 0.6 is 0 Å². The van der Waals surface area contributed by atoms with Crippen molar-refractivity contribution in [3.63, 3.8) is 0 Å². The van der Waals surface area contributed by atoms with E-state index >= 15 is 0 Å². The summed E-state index contributed by atoms with van der Waals surface area (Å²) < 4.78 is 0. The topological polar surface area (TPSA) is 78.4 Å². The molecule has 2 amide bonds. The third-order valence-corrected chi connectivity index (χ3v) is 4.06. The van der Waals surface area contributed by atoms with Crippen molar-refractivity contribution in [2.24, 2.45) is 5.92 Å². The van der Waals surface area contributed by atoms with E-state index in [2.05, 4.69) is 10.6 Å². The Hall–Kier alpha value is -1.26. The molecule has 0 aromatic carbocycles. The molecule has 102 valence electrons. The van der Waals surface area contributed by atoms with Crippen LogP contribution in [0.2, 0.25) is 0 Å². The molecule has 5 nitrogen and oxygen atoms in total. The van der Waals surface area contributed by atoms with Crippen molar-refractivity contribution >= 4 is 12.0 Å². The number of carboxylic acid groups (broad SMARTS) is 1. The van der Waals surface area contributed by atoms with Crippen LogP contribution in [0, 0.1) is 5.92 Å². The summed E-state index contributed by atoms with van der Waals surface area (Å²) in [5.41, 5.74) is 0. The van der Waals surface area contributed by atoms with Gasteiger partial charge in [-0.05, 0) is 32.1 Å². The van der Waals surface area contributed by atoms with Gasteiger partial charge < -0.3 is 15.7 Å². The normalized spacial score (nSPS) is 28.9. The monoisotopic (exact) mass is 254 g/mol. The second-order valence-electron chi connectivity index (χ2n) is 5.50. The molecule has 0 radical (unpaired) electrons. The Morgan fingerprint density at radius 3 is 2.17 bits per heavy atom. The van der Waals surface area contributed by atoms with Crippen molar-refractivity contribution in [3.05, 3.63) is 0 Å². The Balaban J connectivity index is 1.69. The minimum Gasteiger partial charge on any atom is -0.481 e. The fraction of sp³-hybridized carbons (Fsp3) is 0.846. The highest BCUT2D eigenvalue weighted by Gasteiger charge is 2.30. The molecule has 2 fully saturated rings. The molecule has 2 saturated carbocycles. The number of carbonyl (C=O) groups excluding carboxylic acids is 1. The Labute approximate surface area is 107 Å². The van der Waals surface area contributed by atoms with Crippen molar-refractivity contribution in [2.75, 3.05) is 0 Å².